The maximum Gasteiger partial charge on any atom is 0.586 e. The van der Waals surface area contributed by atoms with Crippen LogP contribution in [0.2, 0.25) is 15.1 Å². The first-order chi connectivity index (χ1) is 10.7. The predicted molar refractivity (Wildman–Crippen MR) is 77.9 cm³/mol. The summed E-state index contributed by atoms with van der Waals surface area (Å²) in [5.74, 6) is -1.91. The highest BCUT2D eigenvalue weighted by molar-refractivity contribution is 6.38. The van der Waals surface area contributed by atoms with Gasteiger partial charge in [-0.3, -0.25) is 0 Å². The van der Waals surface area contributed by atoms with E-state index in [9.17, 15) is 13.6 Å². The van der Waals surface area contributed by atoms with Crippen LogP contribution in [-0.4, -0.2) is 22.4 Å². The number of carbonyl (C=O) groups is 1. The maximum atomic E-state index is 13.1. The van der Waals surface area contributed by atoms with Crippen LogP contribution in [0.1, 0.15) is 10.5 Å². The van der Waals surface area contributed by atoms with Gasteiger partial charge in [-0.15, -0.1) is 8.78 Å². The molecule has 0 saturated carbocycles. The first-order valence-corrected chi connectivity index (χ1v) is 7.00. The molecule has 0 unspecified atom stereocenters. The lowest BCUT2D eigenvalue weighted by molar-refractivity contribution is -0.286. The molecule has 0 aliphatic carbocycles. The molecule has 120 valence electrons. The van der Waals surface area contributed by atoms with E-state index in [1.54, 1.807) is 0 Å². The van der Waals surface area contributed by atoms with E-state index in [2.05, 4.69) is 14.5 Å². The second kappa shape index (κ2) is 5.36. The molecule has 0 atom stereocenters. The second-order valence-electron chi connectivity index (χ2n) is 4.40. The third kappa shape index (κ3) is 2.87. The number of nitrogens with zero attached hydrogens (tertiary/aromatic N) is 1. The van der Waals surface area contributed by atoms with Crippen molar-refractivity contribution in [3.05, 3.63) is 39.0 Å². The molecule has 10 heteroatoms. The van der Waals surface area contributed by atoms with E-state index in [-0.39, 0.29) is 37.8 Å². The molecule has 0 fully saturated rings. The van der Waals surface area contributed by atoms with Crippen molar-refractivity contribution in [2.24, 2.45) is 0 Å². The fourth-order valence-corrected chi connectivity index (χ4v) is 2.74. The minimum absolute atomic E-state index is 0.00692. The number of fused-ring (bicyclic) bond motifs is 1. The number of ether oxygens (including phenoxy) is 2. The highest BCUT2D eigenvalue weighted by Gasteiger charge is 2.44. The Kier molecular flexibility index (Phi) is 3.74. The molecule has 0 radical (unpaired) electrons. The van der Waals surface area contributed by atoms with E-state index >= 15 is 0 Å². The van der Waals surface area contributed by atoms with Crippen molar-refractivity contribution in [3.63, 3.8) is 0 Å². The molecule has 0 spiro atoms. The highest BCUT2D eigenvalue weighted by atomic mass is 35.5. The molecule has 1 aliphatic rings. The number of hydrogen-bond donors (Lipinski definition) is 1. The molecule has 0 amide bonds. The minimum atomic E-state index is -3.81. The van der Waals surface area contributed by atoms with E-state index in [0.717, 1.165) is 12.1 Å². The number of hydrogen-bond acceptors (Lipinski definition) is 4. The summed E-state index contributed by atoms with van der Waals surface area (Å²) in [7, 11) is 0. The summed E-state index contributed by atoms with van der Waals surface area (Å²) in [4.78, 5) is 14.9. The Balaban J connectivity index is 2.17. The van der Waals surface area contributed by atoms with Crippen LogP contribution in [0, 0.1) is 0 Å². The molecule has 2 aromatic rings. The largest absolute Gasteiger partial charge is 0.586 e. The molecule has 1 aromatic carbocycles. The number of aromatic nitrogens is 1. The van der Waals surface area contributed by atoms with E-state index in [0.29, 0.717) is 0 Å². The van der Waals surface area contributed by atoms with Crippen LogP contribution in [0.5, 0.6) is 11.5 Å². The fourth-order valence-electron chi connectivity index (χ4n) is 1.96. The van der Waals surface area contributed by atoms with Gasteiger partial charge in [0, 0.05) is 11.6 Å². The lowest BCUT2D eigenvalue weighted by Crippen LogP contribution is -2.25. The van der Waals surface area contributed by atoms with E-state index in [1.165, 1.54) is 6.07 Å². The Labute approximate surface area is 142 Å². The van der Waals surface area contributed by atoms with Crippen molar-refractivity contribution < 1.29 is 28.2 Å². The van der Waals surface area contributed by atoms with Crippen molar-refractivity contribution in [1.29, 1.82) is 0 Å². The summed E-state index contributed by atoms with van der Waals surface area (Å²) >= 11 is 17.8. The second-order valence-corrected chi connectivity index (χ2v) is 5.62. The van der Waals surface area contributed by atoms with Crippen LogP contribution in [0.25, 0.3) is 11.3 Å². The minimum Gasteiger partial charge on any atom is -0.476 e. The summed E-state index contributed by atoms with van der Waals surface area (Å²) in [6.45, 7) is 0. The molecular formula is C13H4Cl3F2NO4. The summed E-state index contributed by atoms with van der Waals surface area (Å²) in [5.41, 5.74) is -0.402. The molecule has 0 bridgehead atoms. The Morgan fingerprint density at radius 1 is 1.04 bits per heavy atom. The molecule has 2 heterocycles. The fraction of sp³-hybridized carbons (Fsp3) is 0.0769. The van der Waals surface area contributed by atoms with Crippen molar-refractivity contribution >= 4 is 40.8 Å². The number of benzene rings is 1. The van der Waals surface area contributed by atoms with Gasteiger partial charge < -0.3 is 14.6 Å². The standard InChI is InChI=1S/C13H4Cl3F2NO4/c14-5-3-9-8(22-13(17,18)23-9)1-4(5)10-6(15)2-7(16)11(19-10)12(20)21/h1-3H,(H,20,21). The van der Waals surface area contributed by atoms with Gasteiger partial charge >= 0.3 is 12.3 Å². The Morgan fingerprint density at radius 3 is 2.26 bits per heavy atom. The lowest BCUT2D eigenvalue weighted by atomic mass is 10.1. The van der Waals surface area contributed by atoms with Crippen LogP contribution in [0.4, 0.5) is 8.78 Å². The molecule has 1 aromatic heterocycles. The summed E-state index contributed by atoms with van der Waals surface area (Å²) in [6.07, 6.45) is -3.81. The van der Waals surface area contributed by atoms with Crippen LogP contribution in [-0.2, 0) is 0 Å². The van der Waals surface area contributed by atoms with Crippen LogP contribution in [0.15, 0.2) is 18.2 Å². The molecule has 23 heavy (non-hydrogen) atoms. The van der Waals surface area contributed by atoms with Gasteiger partial charge in [0.05, 0.1) is 20.8 Å². The normalized spacial score (nSPS) is 14.8. The summed E-state index contributed by atoms with van der Waals surface area (Å²) in [5, 5.41) is 8.85. The first kappa shape index (κ1) is 16.0. The van der Waals surface area contributed by atoms with E-state index < -0.39 is 18.0 Å². The van der Waals surface area contributed by atoms with Crippen molar-refractivity contribution in [2.75, 3.05) is 0 Å². The van der Waals surface area contributed by atoms with E-state index in [1.807, 2.05) is 0 Å². The zero-order valence-electron chi connectivity index (χ0n) is 10.7. The van der Waals surface area contributed by atoms with Gasteiger partial charge in [0.2, 0.25) is 0 Å². The van der Waals surface area contributed by atoms with Crippen LogP contribution >= 0.6 is 34.8 Å². The average molecular weight is 383 g/mol. The van der Waals surface area contributed by atoms with Crippen molar-refractivity contribution in [1.82, 2.24) is 4.98 Å². The predicted octanol–water partition coefficient (Wildman–Crippen LogP) is 4.73. The zero-order valence-corrected chi connectivity index (χ0v) is 13.0. The molecule has 3 rings (SSSR count). The molecule has 1 N–H and O–H groups in total. The number of rotatable bonds is 2. The van der Waals surface area contributed by atoms with Gasteiger partial charge in [0.1, 0.15) is 0 Å². The van der Waals surface area contributed by atoms with Crippen LogP contribution < -0.4 is 9.47 Å². The monoisotopic (exact) mass is 381 g/mol. The van der Waals surface area contributed by atoms with Gasteiger partial charge in [0.25, 0.3) is 0 Å². The average Bonchev–Trinajstić information content (AvgIpc) is 2.71. The van der Waals surface area contributed by atoms with Crippen LogP contribution in [0.3, 0.4) is 0 Å². The van der Waals surface area contributed by atoms with Gasteiger partial charge in [-0.1, -0.05) is 34.8 Å². The zero-order chi connectivity index (χ0) is 16.9. The van der Waals surface area contributed by atoms with Crippen molar-refractivity contribution in [3.8, 4) is 22.8 Å². The van der Waals surface area contributed by atoms with Gasteiger partial charge in [-0.2, -0.15) is 0 Å². The van der Waals surface area contributed by atoms with Gasteiger partial charge in [0.15, 0.2) is 17.2 Å². The Morgan fingerprint density at radius 2 is 1.65 bits per heavy atom. The summed E-state index contributed by atoms with van der Waals surface area (Å²) < 4.78 is 34.8. The Bertz CT molecular complexity index is 844. The number of pyridine rings is 1. The van der Waals surface area contributed by atoms with E-state index in [4.69, 9.17) is 39.9 Å². The van der Waals surface area contributed by atoms with Gasteiger partial charge in [-0.05, 0) is 12.1 Å². The Hall–Kier alpha value is -1.83. The lowest BCUT2D eigenvalue weighted by Gasteiger charge is -2.09. The maximum absolute atomic E-state index is 13.1. The number of halogens is 5. The third-order valence-electron chi connectivity index (χ3n) is 2.88. The number of alkyl halides is 2. The topological polar surface area (TPSA) is 68.7 Å². The molecule has 0 saturated heterocycles. The molecular weight excluding hydrogens is 379 g/mol. The number of carboxylic acid groups (broad SMARTS) is 1. The first-order valence-electron chi connectivity index (χ1n) is 5.87. The molecule has 1 aliphatic heterocycles. The third-order valence-corrected chi connectivity index (χ3v) is 3.77. The smallest absolute Gasteiger partial charge is 0.476 e. The molecule has 5 nitrogen and oxygen atoms in total. The van der Waals surface area contributed by atoms with Gasteiger partial charge in [-0.25, -0.2) is 9.78 Å². The highest BCUT2D eigenvalue weighted by Crippen LogP contribution is 2.46. The SMILES string of the molecule is O=C(O)c1nc(-c2cc3c(cc2Cl)OC(F)(F)O3)c(Cl)cc1Cl. The van der Waals surface area contributed by atoms with Crippen molar-refractivity contribution in [2.45, 2.75) is 6.29 Å². The number of carboxylic acids is 1. The quantitative estimate of drug-likeness (QED) is 0.813. The number of aromatic carboxylic acids is 1. The summed E-state index contributed by atoms with van der Waals surface area (Å²) in [6, 6.07) is 3.40.